The first-order valence-electron chi connectivity index (χ1n) is 4.03. The Morgan fingerprint density at radius 1 is 1.57 bits per heavy atom. The average Bonchev–Trinajstić information content (AvgIpc) is 2.58. The summed E-state index contributed by atoms with van der Waals surface area (Å²) in [6.07, 6.45) is 3.07. The Labute approximate surface area is 79.5 Å². The SMILES string of the molecule is CC(=O)Nc1cnc(N)c2cn[nH]c12. The molecule has 2 rings (SSSR count). The number of hydrogen-bond donors (Lipinski definition) is 3. The van der Waals surface area contributed by atoms with Gasteiger partial charge in [0.05, 0.1) is 29.0 Å². The lowest BCUT2D eigenvalue weighted by atomic mass is 10.3. The molecule has 2 aromatic rings. The van der Waals surface area contributed by atoms with Gasteiger partial charge in [-0.1, -0.05) is 0 Å². The summed E-state index contributed by atoms with van der Waals surface area (Å²) in [5.41, 5.74) is 6.89. The van der Waals surface area contributed by atoms with Crippen molar-refractivity contribution in [3.05, 3.63) is 12.4 Å². The molecule has 0 atom stereocenters. The van der Waals surface area contributed by atoms with E-state index in [9.17, 15) is 4.79 Å². The number of nitrogens with zero attached hydrogens (tertiary/aromatic N) is 2. The van der Waals surface area contributed by atoms with E-state index in [2.05, 4.69) is 20.5 Å². The third-order valence-electron chi connectivity index (χ3n) is 1.83. The molecule has 2 aromatic heterocycles. The van der Waals surface area contributed by atoms with Crippen LogP contribution in [0.15, 0.2) is 12.4 Å². The molecule has 6 heteroatoms. The molecule has 0 aliphatic carbocycles. The van der Waals surface area contributed by atoms with Crippen LogP contribution in [0.3, 0.4) is 0 Å². The van der Waals surface area contributed by atoms with Crippen molar-refractivity contribution in [1.82, 2.24) is 15.2 Å². The molecule has 2 heterocycles. The average molecular weight is 191 g/mol. The van der Waals surface area contributed by atoms with Gasteiger partial charge in [-0.25, -0.2) is 4.98 Å². The van der Waals surface area contributed by atoms with E-state index in [1.165, 1.54) is 13.1 Å². The van der Waals surface area contributed by atoms with Gasteiger partial charge in [0.2, 0.25) is 5.91 Å². The minimum Gasteiger partial charge on any atom is -0.383 e. The lowest BCUT2D eigenvalue weighted by molar-refractivity contribution is -0.114. The fourth-order valence-electron chi connectivity index (χ4n) is 1.24. The maximum Gasteiger partial charge on any atom is 0.221 e. The summed E-state index contributed by atoms with van der Waals surface area (Å²) in [7, 11) is 0. The lowest BCUT2D eigenvalue weighted by Crippen LogP contribution is -2.07. The number of nitrogens with two attached hydrogens (primary N) is 1. The van der Waals surface area contributed by atoms with E-state index in [0.717, 1.165) is 0 Å². The van der Waals surface area contributed by atoms with Gasteiger partial charge >= 0.3 is 0 Å². The number of anilines is 2. The molecule has 0 spiro atoms. The Morgan fingerprint density at radius 2 is 2.36 bits per heavy atom. The fraction of sp³-hybridized carbons (Fsp3) is 0.125. The molecule has 6 nitrogen and oxygen atoms in total. The molecule has 0 radical (unpaired) electrons. The number of pyridine rings is 1. The Balaban J connectivity index is 2.60. The molecule has 1 amide bonds. The maximum absolute atomic E-state index is 10.9. The summed E-state index contributed by atoms with van der Waals surface area (Å²) < 4.78 is 0. The minimum atomic E-state index is -0.160. The number of aromatic nitrogens is 3. The summed E-state index contributed by atoms with van der Waals surface area (Å²) in [4.78, 5) is 14.8. The van der Waals surface area contributed by atoms with E-state index in [4.69, 9.17) is 5.73 Å². The van der Waals surface area contributed by atoms with Crippen molar-refractivity contribution in [3.8, 4) is 0 Å². The van der Waals surface area contributed by atoms with Crippen LogP contribution in [0.5, 0.6) is 0 Å². The molecule has 72 valence electrons. The highest BCUT2D eigenvalue weighted by Gasteiger charge is 2.07. The highest BCUT2D eigenvalue weighted by Crippen LogP contribution is 2.23. The third kappa shape index (κ3) is 1.26. The number of nitrogens with one attached hydrogen (secondary N) is 2. The molecular formula is C8H9N5O. The molecular weight excluding hydrogens is 182 g/mol. The van der Waals surface area contributed by atoms with Gasteiger partial charge < -0.3 is 11.1 Å². The van der Waals surface area contributed by atoms with Crippen LogP contribution in [0.4, 0.5) is 11.5 Å². The fourth-order valence-corrected chi connectivity index (χ4v) is 1.24. The van der Waals surface area contributed by atoms with Crippen molar-refractivity contribution in [1.29, 1.82) is 0 Å². The second-order valence-corrected chi connectivity index (χ2v) is 2.90. The molecule has 0 bridgehead atoms. The number of H-pyrrole nitrogens is 1. The van der Waals surface area contributed by atoms with Crippen molar-refractivity contribution in [2.75, 3.05) is 11.1 Å². The molecule has 0 aliphatic rings. The van der Waals surface area contributed by atoms with Crippen molar-refractivity contribution in [2.24, 2.45) is 0 Å². The summed E-state index contributed by atoms with van der Waals surface area (Å²) >= 11 is 0. The lowest BCUT2D eigenvalue weighted by Gasteiger charge is -2.03. The molecule has 0 fully saturated rings. The normalized spacial score (nSPS) is 10.4. The highest BCUT2D eigenvalue weighted by molar-refractivity contribution is 6.01. The van der Waals surface area contributed by atoms with Gasteiger partial charge in [-0.05, 0) is 0 Å². The van der Waals surface area contributed by atoms with Gasteiger partial charge in [-0.3, -0.25) is 9.89 Å². The topological polar surface area (TPSA) is 96.7 Å². The molecule has 0 saturated heterocycles. The summed E-state index contributed by atoms with van der Waals surface area (Å²) in [6, 6.07) is 0. The largest absolute Gasteiger partial charge is 0.383 e. The molecule has 4 N–H and O–H groups in total. The Hall–Kier alpha value is -2.11. The van der Waals surface area contributed by atoms with E-state index < -0.39 is 0 Å². The molecule has 0 aromatic carbocycles. The second kappa shape index (κ2) is 2.99. The van der Waals surface area contributed by atoms with Gasteiger partial charge in [0.1, 0.15) is 5.82 Å². The summed E-state index contributed by atoms with van der Waals surface area (Å²) in [5.74, 6) is 0.232. The number of amides is 1. The number of carbonyl (C=O) groups excluding carboxylic acids is 1. The smallest absolute Gasteiger partial charge is 0.221 e. The number of hydrogen-bond acceptors (Lipinski definition) is 4. The number of aromatic amines is 1. The van der Waals surface area contributed by atoms with Crippen LogP contribution < -0.4 is 11.1 Å². The Morgan fingerprint density at radius 3 is 3.07 bits per heavy atom. The van der Waals surface area contributed by atoms with Crippen LogP contribution in [0, 0.1) is 0 Å². The number of carbonyl (C=O) groups is 1. The zero-order valence-electron chi connectivity index (χ0n) is 7.53. The van der Waals surface area contributed by atoms with Gasteiger partial charge in [0.15, 0.2) is 0 Å². The first-order chi connectivity index (χ1) is 6.68. The van der Waals surface area contributed by atoms with Crippen LogP contribution >= 0.6 is 0 Å². The van der Waals surface area contributed by atoms with Crippen LogP contribution in [0.1, 0.15) is 6.92 Å². The van der Waals surface area contributed by atoms with Crippen molar-refractivity contribution < 1.29 is 4.79 Å². The number of fused-ring (bicyclic) bond motifs is 1. The van der Waals surface area contributed by atoms with Gasteiger partial charge in [0.25, 0.3) is 0 Å². The number of nitrogen functional groups attached to an aromatic ring is 1. The zero-order chi connectivity index (χ0) is 10.1. The van der Waals surface area contributed by atoms with E-state index >= 15 is 0 Å². The van der Waals surface area contributed by atoms with E-state index in [-0.39, 0.29) is 5.91 Å². The highest BCUT2D eigenvalue weighted by atomic mass is 16.1. The zero-order valence-corrected chi connectivity index (χ0v) is 7.53. The van der Waals surface area contributed by atoms with Gasteiger partial charge in [0, 0.05) is 6.92 Å². The molecule has 0 aliphatic heterocycles. The van der Waals surface area contributed by atoms with Crippen LogP contribution in [0.2, 0.25) is 0 Å². The standard InChI is InChI=1S/C8H9N5O/c1-4(14)12-6-3-10-8(9)5-2-11-13-7(5)6/h2-3H,1H3,(H2,9,10)(H,11,13)(H,12,14). The van der Waals surface area contributed by atoms with E-state index in [1.54, 1.807) is 6.20 Å². The monoisotopic (exact) mass is 191 g/mol. The Kier molecular flexibility index (Phi) is 1.81. The number of rotatable bonds is 1. The minimum absolute atomic E-state index is 0.160. The van der Waals surface area contributed by atoms with Gasteiger partial charge in [-0.15, -0.1) is 0 Å². The van der Waals surface area contributed by atoms with E-state index in [0.29, 0.717) is 22.4 Å². The van der Waals surface area contributed by atoms with Crippen molar-refractivity contribution in [2.45, 2.75) is 6.92 Å². The molecule has 0 saturated carbocycles. The van der Waals surface area contributed by atoms with Crippen molar-refractivity contribution in [3.63, 3.8) is 0 Å². The van der Waals surface area contributed by atoms with Crippen LogP contribution in [0.25, 0.3) is 10.9 Å². The molecule has 0 unspecified atom stereocenters. The second-order valence-electron chi connectivity index (χ2n) is 2.90. The van der Waals surface area contributed by atoms with Crippen molar-refractivity contribution >= 4 is 28.3 Å². The molecule has 14 heavy (non-hydrogen) atoms. The third-order valence-corrected chi connectivity index (χ3v) is 1.83. The maximum atomic E-state index is 10.9. The first kappa shape index (κ1) is 8.49. The van der Waals surface area contributed by atoms with Crippen LogP contribution in [-0.4, -0.2) is 21.1 Å². The Bertz CT molecular complexity index is 489. The summed E-state index contributed by atoms with van der Waals surface area (Å²) in [5, 5.41) is 9.92. The first-order valence-corrected chi connectivity index (χ1v) is 4.03. The van der Waals surface area contributed by atoms with Gasteiger partial charge in [-0.2, -0.15) is 5.10 Å². The predicted molar refractivity (Wildman–Crippen MR) is 52.6 cm³/mol. The quantitative estimate of drug-likeness (QED) is 0.611. The van der Waals surface area contributed by atoms with Crippen LogP contribution in [-0.2, 0) is 4.79 Å². The van der Waals surface area contributed by atoms with E-state index in [1.807, 2.05) is 0 Å². The predicted octanol–water partition coefficient (Wildman–Crippen LogP) is 0.498. The summed E-state index contributed by atoms with van der Waals surface area (Å²) in [6.45, 7) is 1.43.